The number of benzene rings is 2. The van der Waals surface area contributed by atoms with Crippen LogP contribution in [0.3, 0.4) is 0 Å². The van der Waals surface area contributed by atoms with Crippen molar-refractivity contribution in [1.82, 2.24) is 10.1 Å². The number of hydrogen-bond acceptors (Lipinski definition) is 4. The van der Waals surface area contributed by atoms with E-state index < -0.39 is 0 Å². The third-order valence-corrected chi connectivity index (χ3v) is 4.09. The topological polar surface area (TPSA) is 49.5 Å². The summed E-state index contributed by atoms with van der Waals surface area (Å²) in [6, 6.07) is 13.6. The highest BCUT2D eigenvalue weighted by atomic mass is 16.5. The molecule has 0 saturated carbocycles. The molecule has 3 rings (SSSR count). The average Bonchev–Trinajstić information content (AvgIpc) is 3.00. The van der Waals surface area contributed by atoms with Crippen LogP contribution in [0.2, 0.25) is 0 Å². The number of aromatic hydroxyl groups is 1. The van der Waals surface area contributed by atoms with Gasteiger partial charge in [0.05, 0.1) is 10.9 Å². The zero-order chi connectivity index (χ0) is 16.2. The van der Waals surface area contributed by atoms with E-state index in [0.29, 0.717) is 12.1 Å². The first-order valence-corrected chi connectivity index (χ1v) is 8.05. The lowest BCUT2D eigenvalue weighted by atomic mass is 10.0. The van der Waals surface area contributed by atoms with E-state index in [1.54, 1.807) is 6.07 Å². The van der Waals surface area contributed by atoms with E-state index in [-0.39, 0.29) is 5.75 Å². The summed E-state index contributed by atoms with van der Waals surface area (Å²) < 4.78 is 5.58. The van der Waals surface area contributed by atoms with Gasteiger partial charge in [-0.1, -0.05) is 48.8 Å². The quantitative estimate of drug-likeness (QED) is 0.731. The number of phenolic OH excluding ortho intramolecular Hbond substituents is 1. The van der Waals surface area contributed by atoms with Crippen LogP contribution in [-0.4, -0.2) is 28.8 Å². The van der Waals surface area contributed by atoms with E-state index in [4.69, 9.17) is 4.52 Å². The van der Waals surface area contributed by atoms with Gasteiger partial charge in [-0.15, -0.1) is 0 Å². The Morgan fingerprint density at radius 3 is 2.65 bits per heavy atom. The Balaban J connectivity index is 1.99. The van der Waals surface area contributed by atoms with Gasteiger partial charge in [0, 0.05) is 12.1 Å². The third-order valence-electron chi connectivity index (χ3n) is 4.09. The zero-order valence-electron chi connectivity index (χ0n) is 13.6. The van der Waals surface area contributed by atoms with Crippen molar-refractivity contribution in [3.05, 3.63) is 48.0 Å². The molecule has 1 aromatic heterocycles. The molecule has 2 aromatic carbocycles. The largest absolute Gasteiger partial charge is 0.507 e. The molecule has 23 heavy (non-hydrogen) atoms. The lowest BCUT2D eigenvalue weighted by molar-refractivity contribution is 0.313. The molecule has 4 heteroatoms. The SMILES string of the molecule is CCCCN(C)Cc1c(O)ccc2c(-c3ccccc3)noc12. The first-order chi connectivity index (χ1) is 11.2. The van der Waals surface area contributed by atoms with Crippen molar-refractivity contribution in [2.45, 2.75) is 26.3 Å². The highest BCUT2D eigenvalue weighted by molar-refractivity contribution is 5.94. The fourth-order valence-corrected chi connectivity index (χ4v) is 2.78. The maximum Gasteiger partial charge on any atom is 0.175 e. The molecule has 0 spiro atoms. The lowest BCUT2D eigenvalue weighted by Crippen LogP contribution is -2.19. The van der Waals surface area contributed by atoms with E-state index in [1.807, 2.05) is 36.4 Å². The standard InChI is InChI=1S/C19H22N2O2/c1-3-4-12-21(2)13-16-17(22)11-10-15-18(20-23-19(15)16)14-8-6-5-7-9-14/h5-11,22H,3-4,12-13H2,1-2H3. The molecule has 0 atom stereocenters. The maximum atomic E-state index is 10.2. The summed E-state index contributed by atoms with van der Waals surface area (Å²) in [6.45, 7) is 3.81. The van der Waals surface area contributed by atoms with Gasteiger partial charge in [-0.2, -0.15) is 0 Å². The fourth-order valence-electron chi connectivity index (χ4n) is 2.78. The summed E-state index contributed by atoms with van der Waals surface area (Å²) in [4.78, 5) is 2.20. The Labute approximate surface area is 136 Å². The highest BCUT2D eigenvalue weighted by Crippen LogP contribution is 2.34. The van der Waals surface area contributed by atoms with E-state index in [9.17, 15) is 5.11 Å². The minimum atomic E-state index is 0.261. The number of unbranched alkanes of at least 4 members (excludes halogenated alkanes) is 1. The molecular formula is C19H22N2O2. The minimum Gasteiger partial charge on any atom is -0.507 e. The van der Waals surface area contributed by atoms with Crippen molar-refractivity contribution in [3.8, 4) is 17.0 Å². The Morgan fingerprint density at radius 1 is 1.13 bits per heavy atom. The van der Waals surface area contributed by atoms with Crippen molar-refractivity contribution in [2.24, 2.45) is 0 Å². The normalized spacial score (nSPS) is 11.4. The second kappa shape index (κ2) is 6.84. The van der Waals surface area contributed by atoms with Gasteiger partial charge in [-0.05, 0) is 32.1 Å². The summed E-state index contributed by atoms with van der Waals surface area (Å²) >= 11 is 0. The average molecular weight is 310 g/mol. The summed E-state index contributed by atoms with van der Waals surface area (Å²) in [5, 5.41) is 15.4. The first kappa shape index (κ1) is 15.6. The van der Waals surface area contributed by atoms with Crippen LogP contribution in [0.5, 0.6) is 5.75 Å². The summed E-state index contributed by atoms with van der Waals surface area (Å²) in [6.07, 6.45) is 2.29. The molecular weight excluding hydrogens is 288 g/mol. The van der Waals surface area contributed by atoms with Crippen molar-refractivity contribution in [2.75, 3.05) is 13.6 Å². The molecule has 0 aliphatic heterocycles. The van der Waals surface area contributed by atoms with Gasteiger partial charge in [-0.3, -0.25) is 0 Å². The number of nitrogens with zero attached hydrogens (tertiary/aromatic N) is 2. The predicted octanol–water partition coefficient (Wildman–Crippen LogP) is 4.43. The number of rotatable bonds is 6. The molecule has 3 aromatic rings. The highest BCUT2D eigenvalue weighted by Gasteiger charge is 2.17. The molecule has 0 unspecified atom stereocenters. The number of phenols is 1. The smallest absolute Gasteiger partial charge is 0.175 e. The third kappa shape index (κ3) is 3.22. The summed E-state index contributed by atoms with van der Waals surface area (Å²) in [7, 11) is 2.06. The van der Waals surface area contributed by atoms with Crippen molar-refractivity contribution < 1.29 is 9.63 Å². The van der Waals surface area contributed by atoms with Crippen LogP contribution in [0.1, 0.15) is 25.3 Å². The Morgan fingerprint density at radius 2 is 1.91 bits per heavy atom. The molecule has 0 aliphatic carbocycles. The number of aromatic nitrogens is 1. The number of fused-ring (bicyclic) bond motifs is 1. The van der Waals surface area contributed by atoms with Gasteiger partial charge in [-0.25, -0.2) is 0 Å². The van der Waals surface area contributed by atoms with Gasteiger partial charge in [0.15, 0.2) is 5.58 Å². The van der Waals surface area contributed by atoms with Gasteiger partial charge in [0.25, 0.3) is 0 Å². The first-order valence-electron chi connectivity index (χ1n) is 8.05. The van der Waals surface area contributed by atoms with Crippen LogP contribution in [0.25, 0.3) is 22.2 Å². The minimum absolute atomic E-state index is 0.261. The Kier molecular flexibility index (Phi) is 4.63. The second-order valence-electron chi connectivity index (χ2n) is 5.93. The monoisotopic (exact) mass is 310 g/mol. The van der Waals surface area contributed by atoms with E-state index in [1.165, 1.54) is 0 Å². The van der Waals surface area contributed by atoms with Crippen LogP contribution >= 0.6 is 0 Å². The summed E-state index contributed by atoms with van der Waals surface area (Å²) in [5.41, 5.74) is 3.31. The van der Waals surface area contributed by atoms with Gasteiger partial charge >= 0.3 is 0 Å². The summed E-state index contributed by atoms with van der Waals surface area (Å²) in [5.74, 6) is 0.261. The van der Waals surface area contributed by atoms with Crippen LogP contribution in [0, 0.1) is 0 Å². The van der Waals surface area contributed by atoms with Gasteiger partial charge in [0.1, 0.15) is 11.4 Å². The second-order valence-corrected chi connectivity index (χ2v) is 5.93. The molecule has 0 amide bonds. The van der Waals surface area contributed by atoms with Crippen molar-refractivity contribution in [1.29, 1.82) is 0 Å². The molecule has 1 heterocycles. The molecule has 0 bridgehead atoms. The van der Waals surface area contributed by atoms with Crippen LogP contribution in [-0.2, 0) is 6.54 Å². The van der Waals surface area contributed by atoms with Gasteiger partial charge < -0.3 is 14.5 Å². The predicted molar refractivity (Wildman–Crippen MR) is 92.4 cm³/mol. The molecule has 0 radical (unpaired) electrons. The van der Waals surface area contributed by atoms with Gasteiger partial charge in [0.2, 0.25) is 0 Å². The lowest BCUT2D eigenvalue weighted by Gasteiger charge is -2.16. The van der Waals surface area contributed by atoms with Crippen LogP contribution < -0.4 is 0 Å². The molecule has 4 nitrogen and oxygen atoms in total. The van der Waals surface area contributed by atoms with Crippen molar-refractivity contribution in [3.63, 3.8) is 0 Å². The number of hydrogen-bond donors (Lipinski definition) is 1. The van der Waals surface area contributed by atoms with E-state index in [0.717, 1.165) is 41.6 Å². The van der Waals surface area contributed by atoms with Crippen molar-refractivity contribution >= 4 is 11.0 Å². The fraction of sp³-hybridized carbons (Fsp3) is 0.316. The van der Waals surface area contributed by atoms with Crippen LogP contribution in [0.15, 0.2) is 47.0 Å². The zero-order valence-corrected chi connectivity index (χ0v) is 13.6. The van der Waals surface area contributed by atoms with E-state index >= 15 is 0 Å². The van der Waals surface area contributed by atoms with Crippen LogP contribution in [0.4, 0.5) is 0 Å². The molecule has 0 saturated heterocycles. The molecule has 1 N–H and O–H groups in total. The molecule has 0 aliphatic rings. The Bertz CT molecular complexity index is 781. The molecule has 0 fully saturated rings. The van der Waals surface area contributed by atoms with E-state index in [2.05, 4.69) is 24.0 Å². The Hall–Kier alpha value is -2.33. The molecule has 120 valence electrons. The maximum absolute atomic E-state index is 10.2.